The van der Waals surface area contributed by atoms with E-state index in [-0.39, 0.29) is 41.5 Å². The van der Waals surface area contributed by atoms with Crippen molar-refractivity contribution in [2.75, 3.05) is 58.9 Å². The van der Waals surface area contributed by atoms with Crippen molar-refractivity contribution in [1.29, 1.82) is 0 Å². The smallest absolute Gasteiger partial charge is 0.264 e. The van der Waals surface area contributed by atoms with Crippen LogP contribution in [0.25, 0.3) is 0 Å². The normalized spacial score (nSPS) is 19.4. The van der Waals surface area contributed by atoms with Crippen LogP contribution in [0.3, 0.4) is 0 Å². The van der Waals surface area contributed by atoms with Crippen LogP contribution in [-0.2, 0) is 14.3 Å². The molecule has 234 valence electrons. The minimum atomic E-state index is -1.00. The molecule has 5 amide bonds. The fourth-order valence-electron chi connectivity index (χ4n) is 5.79. The Kier molecular flexibility index (Phi) is 9.55. The van der Waals surface area contributed by atoms with Gasteiger partial charge in [0.2, 0.25) is 5.91 Å². The lowest BCUT2D eigenvalue weighted by atomic mass is 10.0. The highest BCUT2D eigenvalue weighted by Crippen LogP contribution is 2.33. The number of anilines is 1. The van der Waals surface area contributed by atoms with Crippen molar-refractivity contribution in [3.63, 3.8) is 0 Å². The molecule has 3 heterocycles. The number of hydrogen-bond acceptors (Lipinski definition) is 9. The molecule has 2 aromatic carbocycles. The first-order valence-electron chi connectivity index (χ1n) is 14.7. The molecule has 2 N–H and O–H groups in total. The third-order valence-electron chi connectivity index (χ3n) is 8.33. The molecule has 1 unspecified atom stereocenters. The summed E-state index contributed by atoms with van der Waals surface area (Å²) in [6, 6.07) is 7.98. The summed E-state index contributed by atoms with van der Waals surface area (Å²) in [5.41, 5.74) is 0.889. The fraction of sp³-hybridized carbons (Fsp3) is 0.452. The number of likely N-dealkylation sites (N-methyl/N-ethyl adjacent to an activating group) is 1. The molecule has 2 aromatic rings. The molecular weight excluding hydrogens is 573 g/mol. The Morgan fingerprint density at radius 3 is 2.55 bits per heavy atom. The van der Waals surface area contributed by atoms with Gasteiger partial charge in [-0.3, -0.25) is 33.8 Å². The summed E-state index contributed by atoms with van der Waals surface area (Å²) in [6.07, 6.45) is 1.67. The van der Waals surface area contributed by atoms with E-state index in [0.717, 1.165) is 35.7 Å². The number of carbonyl (C=O) groups excluding carboxylic acids is 5. The van der Waals surface area contributed by atoms with Gasteiger partial charge in [-0.25, -0.2) is 4.39 Å². The van der Waals surface area contributed by atoms with Gasteiger partial charge < -0.3 is 25.0 Å². The second-order valence-electron chi connectivity index (χ2n) is 11.0. The Bertz CT molecular complexity index is 1460. The Labute approximate surface area is 254 Å². The van der Waals surface area contributed by atoms with E-state index in [9.17, 15) is 28.4 Å². The monoisotopic (exact) mass is 609 g/mol. The quantitative estimate of drug-likeness (QED) is 0.289. The molecule has 1 atom stereocenters. The third kappa shape index (κ3) is 6.43. The van der Waals surface area contributed by atoms with Crippen molar-refractivity contribution in [2.45, 2.75) is 37.8 Å². The summed E-state index contributed by atoms with van der Waals surface area (Å²) < 4.78 is 25.0. The number of hydrogen-bond donors (Lipinski definition) is 2. The van der Waals surface area contributed by atoms with Crippen molar-refractivity contribution >= 4 is 35.2 Å². The molecule has 0 spiro atoms. The molecule has 12 nitrogen and oxygen atoms in total. The van der Waals surface area contributed by atoms with Gasteiger partial charge >= 0.3 is 0 Å². The molecule has 0 bridgehead atoms. The zero-order chi connectivity index (χ0) is 31.4. The number of ether oxygens (including phenoxy) is 2. The number of halogens is 1. The maximum Gasteiger partial charge on any atom is 0.264 e. The summed E-state index contributed by atoms with van der Waals surface area (Å²) in [5, 5.41) is 6.09. The van der Waals surface area contributed by atoms with Crippen molar-refractivity contribution in [3.8, 4) is 5.75 Å². The predicted octanol–water partition coefficient (Wildman–Crippen LogP) is 1.90. The standard InChI is InChI=1S/C31H36FN5O7/c1-35-26(38)9-8-25(30(35)41)37-29(40)21-4-3-5-24(27(21)31(37)42)33-12-16-44-17-15-36-13-10-19(11-14-36)34-28(39)22-18-20(43-2)6-7-23(22)32/h3-7,18-19,25,33H,8-17H2,1-2H3,(H,34,39). The minimum absolute atomic E-state index is 0.0348. The maximum atomic E-state index is 14.1. The first-order chi connectivity index (χ1) is 21.2. The lowest BCUT2D eigenvalue weighted by Crippen LogP contribution is -2.54. The number of rotatable bonds is 11. The van der Waals surface area contributed by atoms with Crippen molar-refractivity contribution in [3.05, 3.63) is 58.9 Å². The van der Waals surface area contributed by atoms with E-state index >= 15 is 0 Å². The molecule has 13 heteroatoms. The Morgan fingerprint density at radius 1 is 1.02 bits per heavy atom. The van der Waals surface area contributed by atoms with Gasteiger partial charge in [-0.1, -0.05) is 6.07 Å². The summed E-state index contributed by atoms with van der Waals surface area (Å²) >= 11 is 0. The van der Waals surface area contributed by atoms with E-state index < -0.39 is 35.5 Å². The summed E-state index contributed by atoms with van der Waals surface area (Å²) in [5.74, 6) is -2.61. The van der Waals surface area contributed by atoms with Crippen LogP contribution >= 0.6 is 0 Å². The van der Waals surface area contributed by atoms with Gasteiger partial charge in [0.25, 0.3) is 23.6 Å². The molecule has 0 saturated carbocycles. The fourth-order valence-corrected chi connectivity index (χ4v) is 5.79. The minimum Gasteiger partial charge on any atom is -0.497 e. The van der Waals surface area contributed by atoms with Crippen molar-refractivity contribution in [1.82, 2.24) is 20.0 Å². The van der Waals surface area contributed by atoms with Crippen LogP contribution < -0.4 is 15.4 Å². The maximum absolute atomic E-state index is 14.1. The average molecular weight is 610 g/mol. The van der Waals surface area contributed by atoms with Gasteiger partial charge in [0, 0.05) is 51.4 Å². The number of likely N-dealkylation sites (tertiary alicyclic amines) is 2. The zero-order valence-electron chi connectivity index (χ0n) is 24.8. The molecule has 2 fully saturated rings. The van der Waals surface area contributed by atoms with Crippen LogP contribution in [0.5, 0.6) is 5.75 Å². The van der Waals surface area contributed by atoms with E-state index in [1.165, 1.54) is 32.4 Å². The lowest BCUT2D eigenvalue weighted by molar-refractivity contribution is -0.149. The molecular formula is C31H36FN5O7. The lowest BCUT2D eigenvalue weighted by Gasteiger charge is -2.32. The molecule has 44 heavy (non-hydrogen) atoms. The molecule has 5 rings (SSSR count). The summed E-state index contributed by atoms with van der Waals surface area (Å²) in [7, 11) is 2.82. The first-order valence-corrected chi connectivity index (χ1v) is 14.7. The van der Waals surface area contributed by atoms with E-state index in [0.29, 0.717) is 37.7 Å². The number of piperidine rings is 2. The Balaban J connectivity index is 1.03. The molecule has 0 radical (unpaired) electrons. The van der Waals surface area contributed by atoms with E-state index in [1.807, 2.05) is 0 Å². The van der Waals surface area contributed by atoms with E-state index in [2.05, 4.69) is 15.5 Å². The van der Waals surface area contributed by atoms with Crippen LogP contribution in [-0.4, -0.2) is 110 Å². The number of nitrogens with zero attached hydrogens (tertiary/aromatic N) is 3. The van der Waals surface area contributed by atoms with Gasteiger partial charge in [-0.15, -0.1) is 0 Å². The van der Waals surface area contributed by atoms with Gasteiger partial charge in [0.15, 0.2) is 0 Å². The number of nitrogens with one attached hydrogen (secondary N) is 2. The highest BCUT2D eigenvalue weighted by Gasteiger charge is 2.47. The predicted molar refractivity (Wildman–Crippen MR) is 157 cm³/mol. The van der Waals surface area contributed by atoms with Gasteiger partial charge in [-0.2, -0.15) is 0 Å². The topological polar surface area (TPSA) is 138 Å². The molecule has 2 saturated heterocycles. The second-order valence-corrected chi connectivity index (χ2v) is 11.0. The van der Waals surface area contributed by atoms with Crippen LogP contribution in [0.2, 0.25) is 0 Å². The van der Waals surface area contributed by atoms with Crippen molar-refractivity contribution < 1.29 is 37.8 Å². The van der Waals surface area contributed by atoms with Gasteiger partial charge in [0.1, 0.15) is 17.6 Å². The van der Waals surface area contributed by atoms with Gasteiger partial charge in [0.05, 0.1) is 37.0 Å². The third-order valence-corrected chi connectivity index (χ3v) is 8.33. The number of carbonyl (C=O) groups is 5. The van der Waals surface area contributed by atoms with Crippen molar-refractivity contribution in [2.24, 2.45) is 0 Å². The Morgan fingerprint density at radius 2 is 1.80 bits per heavy atom. The zero-order valence-corrected chi connectivity index (χ0v) is 24.8. The molecule has 3 aliphatic heterocycles. The highest BCUT2D eigenvalue weighted by atomic mass is 19.1. The summed E-state index contributed by atoms with van der Waals surface area (Å²) in [6.45, 7) is 3.49. The van der Waals surface area contributed by atoms with Crippen LogP contribution in [0.15, 0.2) is 36.4 Å². The average Bonchev–Trinajstić information content (AvgIpc) is 3.28. The van der Waals surface area contributed by atoms with Crippen LogP contribution in [0.4, 0.5) is 10.1 Å². The number of imide groups is 2. The Hall–Kier alpha value is -4.36. The first kappa shape index (κ1) is 31.1. The number of methoxy groups -OCH3 is 1. The highest BCUT2D eigenvalue weighted by molar-refractivity contribution is 6.25. The number of benzene rings is 2. The summed E-state index contributed by atoms with van der Waals surface area (Å²) in [4.78, 5) is 67.7. The largest absolute Gasteiger partial charge is 0.497 e. The molecule has 0 aliphatic carbocycles. The van der Waals surface area contributed by atoms with E-state index in [1.54, 1.807) is 18.2 Å². The van der Waals surface area contributed by atoms with E-state index in [4.69, 9.17) is 9.47 Å². The SMILES string of the molecule is COc1ccc(F)c(C(=O)NC2CCN(CCOCCNc3cccc4c3C(=O)N(C3CCC(=O)N(C)C3=O)C4=O)CC2)c1. The van der Waals surface area contributed by atoms with Gasteiger partial charge in [-0.05, 0) is 49.6 Å². The second kappa shape index (κ2) is 13.5. The number of fused-ring (bicyclic) bond motifs is 1. The van der Waals surface area contributed by atoms with Crippen LogP contribution in [0, 0.1) is 5.82 Å². The molecule has 0 aromatic heterocycles. The molecule has 3 aliphatic rings. The number of amides is 5. The van der Waals surface area contributed by atoms with Crippen LogP contribution in [0.1, 0.15) is 56.8 Å².